The molecule has 160 valence electrons. The molecular formula is C26H23N3O2S. The molecule has 0 unspecified atom stereocenters. The van der Waals surface area contributed by atoms with Crippen molar-refractivity contribution >= 4 is 17.6 Å². The molecule has 4 rings (SSSR count). The molecule has 1 heterocycles. The average molecular weight is 442 g/mol. The van der Waals surface area contributed by atoms with Gasteiger partial charge in [0.15, 0.2) is 0 Å². The summed E-state index contributed by atoms with van der Waals surface area (Å²) < 4.78 is 1.76. The van der Waals surface area contributed by atoms with Crippen molar-refractivity contribution in [2.24, 2.45) is 10.1 Å². The first-order valence-corrected chi connectivity index (χ1v) is 11.0. The number of thiazole rings is 1. The standard InChI is InChI=1S/C26H23N3O2S/c1-18(2)15-27-26-29(28-16-22-12-13-23(30)14-25(22)31)24(17-32-26)21-10-8-20(9-11-21)19-6-4-3-5-7-19/h3-14,16-17,30-31H,1,15H2,2H3. The molecule has 0 fully saturated rings. The summed E-state index contributed by atoms with van der Waals surface area (Å²) in [5.74, 6) is -0.0436. The minimum atomic E-state index is -0.0428. The average Bonchev–Trinajstić information content (AvgIpc) is 3.20. The molecule has 2 N–H and O–H groups in total. The predicted molar refractivity (Wildman–Crippen MR) is 131 cm³/mol. The van der Waals surface area contributed by atoms with E-state index in [9.17, 15) is 10.2 Å². The van der Waals surface area contributed by atoms with Gasteiger partial charge in [-0.25, -0.2) is 4.68 Å². The third kappa shape index (κ3) is 4.87. The Kier molecular flexibility index (Phi) is 6.33. The van der Waals surface area contributed by atoms with Crippen LogP contribution in [0.3, 0.4) is 0 Å². The number of hydrogen-bond donors (Lipinski definition) is 2. The lowest BCUT2D eigenvalue weighted by molar-refractivity contribution is 0.450. The van der Waals surface area contributed by atoms with Gasteiger partial charge < -0.3 is 10.2 Å². The van der Waals surface area contributed by atoms with Crippen molar-refractivity contribution in [1.29, 1.82) is 0 Å². The molecule has 0 amide bonds. The molecule has 0 radical (unpaired) electrons. The minimum Gasteiger partial charge on any atom is -0.508 e. The topological polar surface area (TPSA) is 70.1 Å². The van der Waals surface area contributed by atoms with Crippen LogP contribution in [0.15, 0.2) is 100 Å². The van der Waals surface area contributed by atoms with Crippen molar-refractivity contribution in [3.05, 3.63) is 101 Å². The maximum Gasteiger partial charge on any atom is 0.206 e. The molecule has 5 nitrogen and oxygen atoms in total. The second kappa shape index (κ2) is 9.49. The summed E-state index contributed by atoms with van der Waals surface area (Å²) in [7, 11) is 0. The summed E-state index contributed by atoms with van der Waals surface area (Å²) in [6, 6.07) is 23.0. The van der Waals surface area contributed by atoms with E-state index < -0.39 is 0 Å². The van der Waals surface area contributed by atoms with Gasteiger partial charge in [-0.2, -0.15) is 5.10 Å². The Hall–Kier alpha value is -3.90. The fraction of sp³-hybridized carbons (Fsp3) is 0.0769. The molecule has 0 spiro atoms. The van der Waals surface area contributed by atoms with Crippen molar-refractivity contribution in [2.45, 2.75) is 6.92 Å². The van der Waals surface area contributed by atoms with Gasteiger partial charge in [0.25, 0.3) is 0 Å². The fourth-order valence-electron chi connectivity index (χ4n) is 3.15. The van der Waals surface area contributed by atoms with Crippen LogP contribution < -0.4 is 4.80 Å². The first-order chi connectivity index (χ1) is 15.5. The second-order valence-electron chi connectivity index (χ2n) is 7.42. The highest BCUT2D eigenvalue weighted by atomic mass is 32.1. The van der Waals surface area contributed by atoms with E-state index in [0.717, 1.165) is 32.8 Å². The van der Waals surface area contributed by atoms with Gasteiger partial charge in [0.1, 0.15) is 11.5 Å². The van der Waals surface area contributed by atoms with Crippen LogP contribution in [-0.4, -0.2) is 27.6 Å². The maximum atomic E-state index is 10.1. The summed E-state index contributed by atoms with van der Waals surface area (Å²) in [5, 5.41) is 26.2. The highest BCUT2D eigenvalue weighted by Crippen LogP contribution is 2.26. The highest BCUT2D eigenvalue weighted by molar-refractivity contribution is 7.07. The number of phenols is 2. The molecule has 0 aliphatic carbocycles. The van der Waals surface area contributed by atoms with Crippen LogP contribution in [0.2, 0.25) is 0 Å². The monoisotopic (exact) mass is 441 g/mol. The first kappa shape index (κ1) is 21.3. The lowest BCUT2D eigenvalue weighted by Gasteiger charge is -2.06. The van der Waals surface area contributed by atoms with Gasteiger partial charge >= 0.3 is 0 Å². The van der Waals surface area contributed by atoms with Crippen LogP contribution in [0.1, 0.15) is 12.5 Å². The zero-order valence-corrected chi connectivity index (χ0v) is 18.5. The van der Waals surface area contributed by atoms with Gasteiger partial charge in [0.05, 0.1) is 18.5 Å². The van der Waals surface area contributed by atoms with Crippen molar-refractivity contribution < 1.29 is 10.2 Å². The molecule has 0 bridgehead atoms. The van der Waals surface area contributed by atoms with Gasteiger partial charge in [-0.1, -0.05) is 66.7 Å². The van der Waals surface area contributed by atoms with Crippen LogP contribution in [0, 0.1) is 0 Å². The molecule has 0 aliphatic rings. The van der Waals surface area contributed by atoms with E-state index in [2.05, 4.69) is 53.1 Å². The summed E-state index contributed by atoms with van der Waals surface area (Å²) in [4.78, 5) is 5.36. The number of nitrogens with zero attached hydrogens (tertiary/aromatic N) is 3. The zero-order valence-electron chi connectivity index (χ0n) is 17.6. The van der Waals surface area contributed by atoms with E-state index in [4.69, 9.17) is 0 Å². The Balaban J connectivity index is 1.74. The number of rotatable bonds is 6. The molecule has 4 aromatic rings. The van der Waals surface area contributed by atoms with E-state index >= 15 is 0 Å². The van der Waals surface area contributed by atoms with E-state index in [1.807, 2.05) is 30.5 Å². The molecule has 0 aliphatic heterocycles. The van der Waals surface area contributed by atoms with Gasteiger partial charge in [-0.3, -0.25) is 4.99 Å². The summed E-state index contributed by atoms with van der Waals surface area (Å²) in [5.41, 5.74) is 5.65. The van der Waals surface area contributed by atoms with Crippen LogP contribution >= 0.6 is 11.3 Å². The molecule has 3 aromatic carbocycles. The number of hydrogen-bond acceptors (Lipinski definition) is 5. The first-order valence-electron chi connectivity index (χ1n) is 10.1. The number of phenolic OH excluding ortho intramolecular Hbond substituents is 2. The summed E-state index contributed by atoms with van der Waals surface area (Å²) in [6.07, 6.45) is 1.56. The van der Waals surface area contributed by atoms with Crippen LogP contribution in [0.25, 0.3) is 22.4 Å². The van der Waals surface area contributed by atoms with Gasteiger partial charge in [-0.15, -0.1) is 11.3 Å². The van der Waals surface area contributed by atoms with E-state index in [-0.39, 0.29) is 11.5 Å². The second-order valence-corrected chi connectivity index (χ2v) is 8.26. The number of benzene rings is 3. The van der Waals surface area contributed by atoms with Crippen LogP contribution in [-0.2, 0) is 0 Å². The normalized spacial score (nSPS) is 11.8. The molecule has 6 heteroatoms. The van der Waals surface area contributed by atoms with Crippen LogP contribution in [0.4, 0.5) is 0 Å². The Bertz CT molecular complexity index is 1330. The van der Waals surface area contributed by atoms with Crippen molar-refractivity contribution in [3.8, 4) is 33.9 Å². The Morgan fingerprint density at radius 3 is 2.34 bits per heavy atom. The summed E-state index contributed by atoms with van der Waals surface area (Å²) in [6.45, 7) is 6.36. The quantitative estimate of drug-likeness (QED) is 0.300. The molecule has 0 saturated heterocycles. The minimum absolute atomic E-state index is 0.000761. The molecule has 0 saturated carbocycles. The molecule has 0 atom stereocenters. The predicted octanol–water partition coefficient (Wildman–Crippen LogP) is 5.65. The molecular weight excluding hydrogens is 418 g/mol. The Morgan fingerprint density at radius 1 is 0.969 bits per heavy atom. The highest BCUT2D eigenvalue weighted by Gasteiger charge is 2.09. The zero-order chi connectivity index (χ0) is 22.5. The third-order valence-corrected chi connectivity index (χ3v) is 5.64. The van der Waals surface area contributed by atoms with Crippen molar-refractivity contribution in [3.63, 3.8) is 0 Å². The van der Waals surface area contributed by atoms with Crippen molar-refractivity contribution in [2.75, 3.05) is 6.54 Å². The van der Waals surface area contributed by atoms with Crippen LogP contribution in [0.5, 0.6) is 11.5 Å². The van der Waals surface area contributed by atoms with Gasteiger partial charge in [0, 0.05) is 22.6 Å². The van der Waals surface area contributed by atoms with E-state index in [1.165, 1.54) is 23.5 Å². The Labute approximate surface area is 190 Å². The lowest BCUT2D eigenvalue weighted by Crippen LogP contribution is -2.13. The SMILES string of the molecule is C=C(C)CN=c1scc(-c2ccc(-c3ccccc3)cc2)n1N=Cc1ccc(O)cc1O. The van der Waals surface area contributed by atoms with Gasteiger partial charge in [0.2, 0.25) is 4.80 Å². The maximum absolute atomic E-state index is 10.1. The fourth-order valence-corrected chi connectivity index (χ4v) is 3.98. The Morgan fingerprint density at radius 2 is 1.66 bits per heavy atom. The van der Waals surface area contributed by atoms with E-state index in [0.29, 0.717) is 12.1 Å². The van der Waals surface area contributed by atoms with Crippen molar-refractivity contribution in [1.82, 2.24) is 4.68 Å². The van der Waals surface area contributed by atoms with E-state index in [1.54, 1.807) is 17.0 Å². The molecule has 1 aromatic heterocycles. The summed E-state index contributed by atoms with van der Waals surface area (Å²) >= 11 is 1.49. The molecule has 32 heavy (non-hydrogen) atoms. The lowest BCUT2D eigenvalue weighted by atomic mass is 10.0. The van der Waals surface area contributed by atoms with Gasteiger partial charge in [-0.05, 0) is 30.2 Å². The largest absolute Gasteiger partial charge is 0.508 e. The third-order valence-electron chi connectivity index (χ3n) is 4.78. The number of aromatic hydroxyl groups is 2. The number of aromatic nitrogens is 1. The smallest absolute Gasteiger partial charge is 0.206 e.